The molecule has 0 saturated carbocycles. The Morgan fingerprint density at radius 1 is 1.10 bits per heavy atom. The molecular formula is C22H28N4O4S. The predicted molar refractivity (Wildman–Crippen MR) is 119 cm³/mol. The number of benzene rings is 1. The van der Waals surface area contributed by atoms with Crippen molar-refractivity contribution in [3.05, 3.63) is 41.2 Å². The molecule has 0 unspecified atom stereocenters. The third kappa shape index (κ3) is 3.50. The van der Waals surface area contributed by atoms with Crippen LogP contribution in [0.25, 0.3) is 0 Å². The molecule has 8 nitrogen and oxygen atoms in total. The second kappa shape index (κ2) is 7.71. The number of amides is 2. The van der Waals surface area contributed by atoms with Gasteiger partial charge in [0.2, 0.25) is 5.91 Å². The SMILES string of the molecule is Cc1c(C(=O)N2CCC(C)CC2)c(S(=O)(=O)N2CC(=O)Nc3ccccc32)c(C)n1C. The largest absolute Gasteiger partial charge is 0.350 e. The van der Waals surface area contributed by atoms with E-state index in [1.54, 1.807) is 54.6 Å². The first kappa shape index (κ1) is 21.4. The van der Waals surface area contributed by atoms with Crippen molar-refractivity contribution in [3.8, 4) is 0 Å². The molecule has 0 bridgehead atoms. The Morgan fingerprint density at radius 2 is 1.74 bits per heavy atom. The molecule has 3 heterocycles. The van der Waals surface area contributed by atoms with Crippen LogP contribution in [0.1, 0.15) is 41.5 Å². The Bertz CT molecular complexity index is 1160. The number of carbonyl (C=O) groups is 2. The zero-order chi connectivity index (χ0) is 22.5. The highest BCUT2D eigenvalue weighted by atomic mass is 32.2. The van der Waals surface area contributed by atoms with Gasteiger partial charge in [0.1, 0.15) is 11.4 Å². The summed E-state index contributed by atoms with van der Waals surface area (Å²) < 4.78 is 30.7. The van der Waals surface area contributed by atoms with Crippen LogP contribution in [-0.4, -0.2) is 49.3 Å². The summed E-state index contributed by atoms with van der Waals surface area (Å²) in [5, 5.41) is 2.71. The first-order valence-corrected chi connectivity index (χ1v) is 11.9. The van der Waals surface area contributed by atoms with Gasteiger partial charge in [-0.25, -0.2) is 8.42 Å². The van der Waals surface area contributed by atoms with E-state index in [1.807, 2.05) is 0 Å². The van der Waals surface area contributed by atoms with E-state index in [0.29, 0.717) is 41.8 Å². The summed E-state index contributed by atoms with van der Waals surface area (Å²) >= 11 is 0. The van der Waals surface area contributed by atoms with Gasteiger partial charge in [0.15, 0.2) is 0 Å². The average Bonchev–Trinajstić information content (AvgIpc) is 2.97. The molecule has 2 aromatic rings. The van der Waals surface area contributed by atoms with E-state index >= 15 is 0 Å². The number of nitrogens with one attached hydrogen (secondary N) is 1. The zero-order valence-corrected chi connectivity index (χ0v) is 19.1. The lowest BCUT2D eigenvalue weighted by Crippen LogP contribution is -2.43. The van der Waals surface area contributed by atoms with Gasteiger partial charge in [-0.3, -0.25) is 13.9 Å². The van der Waals surface area contributed by atoms with Crippen LogP contribution in [0.15, 0.2) is 29.2 Å². The van der Waals surface area contributed by atoms with Crippen molar-refractivity contribution in [2.75, 3.05) is 29.3 Å². The summed E-state index contributed by atoms with van der Waals surface area (Å²) in [6.45, 7) is 6.52. The van der Waals surface area contributed by atoms with Crippen LogP contribution < -0.4 is 9.62 Å². The fraction of sp³-hybridized carbons (Fsp3) is 0.455. The number of rotatable bonds is 3. The lowest BCUT2D eigenvalue weighted by Gasteiger charge is -2.32. The van der Waals surface area contributed by atoms with Crippen molar-refractivity contribution in [3.63, 3.8) is 0 Å². The number of carbonyl (C=O) groups excluding carboxylic acids is 2. The van der Waals surface area contributed by atoms with Crippen molar-refractivity contribution in [2.45, 2.75) is 38.5 Å². The lowest BCUT2D eigenvalue weighted by molar-refractivity contribution is -0.115. The van der Waals surface area contributed by atoms with E-state index in [9.17, 15) is 18.0 Å². The number of fused-ring (bicyclic) bond motifs is 1. The van der Waals surface area contributed by atoms with Crippen molar-refractivity contribution in [1.82, 2.24) is 9.47 Å². The molecule has 1 fully saturated rings. The van der Waals surface area contributed by atoms with Crippen LogP contribution >= 0.6 is 0 Å². The van der Waals surface area contributed by atoms with Gasteiger partial charge in [-0.15, -0.1) is 0 Å². The molecule has 9 heteroatoms. The minimum Gasteiger partial charge on any atom is -0.350 e. The topological polar surface area (TPSA) is 91.7 Å². The summed E-state index contributed by atoms with van der Waals surface area (Å²) in [5.74, 6) is -0.124. The van der Waals surface area contributed by atoms with Crippen LogP contribution in [0.5, 0.6) is 0 Å². The van der Waals surface area contributed by atoms with E-state index in [1.165, 1.54) is 0 Å². The maximum Gasteiger partial charge on any atom is 0.267 e. The van der Waals surface area contributed by atoms with Crippen molar-refractivity contribution >= 4 is 33.2 Å². The van der Waals surface area contributed by atoms with Gasteiger partial charge < -0.3 is 14.8 Å². The molecule has 2 aliphatic heterocycles. The van der Waals surface area contributed by atoms with Gasteiger partial charge in [0.05, 0.1) is 16.9 Å². The molecule has 0 atom stereocenters. The zero-order valence-electron chi connectivity index (χ0n) is 18.3. The van der Waals surface area contributed by atoms with E-state index in [2.05, 4.69) is 12.2 Å². The molecule has 1 aromatic carbocycles. The molecular weight excluding hydrogens is 416 g/mol. The smallest absolute Gasteiger partial charge is 0.267 e. The molecule has 2 amide bonds. The monoisotopic (exact) mass is 444 g/mol. The number of piperidine rings is 1. The summed E-state index contributed by atoms with van der Waals surface area (Å²) in [6, 6.07) is 6.78. The molecule has 0 radical (unpaired) electrons. The maximum absolute atomic E-state index is 13.9. The third-order valence-electron chi connectivity index (χ3n) is 6.49. The molecule has 2 aliphatic rings. The summed E-state index contributed by atoms with van der Waals surface area (Å²) in [4.78, 5) is 27.5. The fourth-order valence-electron chi connectivity index (χ4n) is 4.38. The standard InChI is InChI=1S/C22H28N4O4S/c1-14-9-11-25(12-10-14)22(28)20-15(2)24(4)16(3)21(20)31(29,30)26-13-19(27)23-17-7-5-6-8-18(17)26/h5-8,14H,9-13H2,1-4H3,(H,23,27). The number of anilines is 2. The number of para-hydroxylation sites is 2. The quantitative estimate of drug-likeness (QED) is 0.788. The van der Waals surface area contributed by atoms with Gasteiger partial charge in [-0.1, -0.05) is 19.1 Å². The number of hydrogen-bond acceptors (Lipinski definition) is 4. The number of hydrogen-bond donors (Lipinski definition) is 1. The second-order valence-electron chi connectivity index (χ2n) is 8.49. The van der Waals surface area contributed by atoms with E-state index in [-0.39, 0.29) is 22.9 Å². The Labute approximate surface area is 182 Å². The van der Waals surface area contributed by atoms with Crippen molar-refractivity contribution in [2.24, 2.45) is 13.0 Å². The molecule has 4 rings (SSSR count). The fourth-order valence-corrected chi connectivity index (χ4v) is 6.31. The molecule has 0 aliphatic carbocycles. The first-order valence-electron chi connectivity index (χ1n) is 10.5. The predicted octanol–water partition coefficient (Wildman–Crippen LogP) is 2.66. The van der Waals surface area contributed by atoms with Crippen molar-refractivity contribution in [1.29, 1.82) is 0 Å². The van der Waals surface area contributed by atoms with Gasteiger partial charge in [-0.05, 0) is 44.7 Å². The van der Waals surface area contributed by atoms with Gasteiger partial charge in [0.25, 0.3) is 15.9 Å². The highest BCUT2D eigenvalue weighted by Crippen LogP contribution is 2.37. The Balaban J connectivity index is 1.84. The van der Waals surface area contributed by atoms with E-state index in [0.717, 1.165) is 17.1 Å². The Morgan fingerprint density at radius 3 is 2.42 bits per heavy atom. The van der Waals surface area contributed by atoms with Crippen molar-refractivity contribution < 1.29 is 18.0 Å². The molecule has 1 N–H and O–H groups in total. The molecule has 166 valence electrons. The number of aromatic nitrogens is 1. The molecule has 1 aromatic heterocycles. The second-order valence-corrected chi connectivity index (χ2v) is 10.3. The van der Waals surface area contributed by atoms with Crippen LogP contribution in [0.4, 0.5) is 11.4 Å². The third-order valence-corrected chi connectivity index (χ3v) is 8.41. The number of likely N-dealkylation sites (tertiary alicyclic amines) is 1. The number of sulfonamides is 1. The van der Waals surface area contributed by atoms with Gasteiger partial charge in [0, 0.05) is 31.5 Å². The number of nitrogens with zero attached hydrogens (tertiary/aromatic N) is 3. The van der Waals surface area contributed by atoms with Gasteiger partial charge in [-0.2, -0.15) is 0 Å². The van der Waals surface area contributed by atoms with Crippen LogP contribution in [-0.2, 0) is 21.9 Å². The van der Waals surface area contributed by atoms with Crippen LogP contribution in [0, 0.1) is 19.8 Å². The van der Waals surface area contributed by atoms with Crippen LogP contribution in [0.3, 0.4) is 0 Å². The minimum absolute atomic E-state index is 0.0133. The van der Waals surface area contributed by atoms with E-state index < -0.39 is 15.9 Å². The average molecular weight is 445 g/mol. The summed E-state index contributed by atoms with van der Waals surface area (Å²) in [7, 11) is -2.40. The molecule has 31 heavy (non-hydrogen) atoms. The highest BCUT2D eigenvalue weighted by molar-refractivity contribution is 7.93. The lowest BCUT2D eigenvalue weighted by atomic mass is 9.98. The Hall–Kier alpha value is -2.81. The minimum atomic E-state index is -4.16. The summed E-state index contributed by atoms with van der Waals surface area (Å²) in [6.07, 6.45) is 1.80. The Kier molecular flexibility index (Phi) is 5.33. The van der Waals surface area contributed by atoms with Gasteiger partial charge >= 0.3 is 0 Å². The summed E-state index contributed by atoms with van der Waals surface area (Å²) in [5.41, 5.74) is 2.13. The van der Waals surface area contributed by atoms with Crippen LogP contribution in [0.2, 0.25) is 0 Å². The maximum atomic E-state index is 13.9. The highest BCUT2D eigenvalue weighted by Gasteiger charge is 2.39. The first-order chi connectivity index (χ1) is 14.6. The normalized spacial score (nSPS) is 17.5. The molecule has 0 spiro atoms. The molecule has 1 saturated heterocycles. The van der Waals surface area contributed by atoms with E-state index in [4.69, 9.17) is 0 Å².